The zero-order valence-corrected chi connectivity index (χ0v) is 10.9. The lowest BCUT2D eigenvalue weighted by atomic mass is 10.1. The first kappa shape index (κ1) is 14.9. The fraction of sp³-hybridized carbons (Fsp3) is 0.417. The van der Waals surface area contributed by atoms with Gasteiger partial charge in [-0.05, 0) is 25.0 Å². The van der Waals surface area contributed by atoms with Gasteiger partial charge in [-0.3, -0.25) is 20.3 Å². The average molecular weight is 267 g/mol. The summed E-state index contributed by atoms with van der Waals surface area (Å²) < 4.78 is 5.53. The van der Waals surface area contributed by atoms with Gasteiger partial charge in [0.2, 0.25) is 0 Å². The molecule has 19 heavy (non-hydrogen) atoms. The Balaban J connectivity index is 2.97. The second kappa shape index (κ2) is 6.69. The van der Waals surface area contributed by atoms with Gasteiger partial charge in [0.05, 0.1) is 11.0 Å². The molecule has 0 saturated carbocycles. The van der Waals surface area contributed by atoms with Crippen LogP contribution in [0.4, 0.5) is 5.69 Å². The van der Waals surface area contributed by atoms with Crippen molar-refractivity contribution in [2.24, 2.45) is 5.84 Å². The summed E-state index contributed by atoms with van der Waals surface area (Å²) in [5, 5.41) is 10.7. The predicted molar refractivity (Wildman–Crippen MR) is 69.5 cm³/mol. The second-order valence-corrected chi connectivity index (χ2v) is 4.11. The van der Waals surface area contributed by atoms with Crippen LogP contribution in [0.3, 0.4) is 0 Å². The molecule has 0 saturated heterocycles. The molecule has 3 N–H and O–H groups in total. The summed E-state index contributed by atoms with van der Waals surface area (Å²) in [4.78, 5) is 21.7. The minimum Gasteiger partial charge on any atom is -0.480 e. The summed E-state index contributed by atoms with van der Waals surface area (Å²) in [5.74, 6) is 4.95. The predicted octanol–water partition coefficient (Wildman–Crippen LogP) is 1.44. The molecule has 1 aromatic carbocycles. The molecule has 1 amide bonds. The van der Waals surface area contributed by atoms with Crippen molar-refractivity contribution < 1.29 is 14.5 Å². The number of nitrogens with one attached hydrogen (secondary N) is 1. The molecule has 1 atom stereocenters. The van der Waals surface area contributed by atoms with Crippen molar-refractivity contribution in [1.82, 2.24) is 5.43 Å². The third kappa shape index (κ3) is 3.92. The maximum atomic E-state index is 11.5. The number of hydrogen-bond acceptors (Lipinski definition) is 5. The zero-order valence-electron chi connectivity index (χ0n) is 10.9. The van der Waals surface area contributed by atoms with E-state index in [-0.39, 0.29) is 5.69 Å². The number of nitrogens with two attached hydrogens (primary N) is 1. The number of nitrogens with zero attached hydrogens (tertiary/aromatic N) is 1. The molecule has 0 bridgehead atoms. The topological polar surface area (TPSA) is 107 Å². The highest BCUT2D eigenvalue weighted by Gasteiger charge is 2.20. The van der Waals surface area contributed by atoms with E-state index in [4.69, 9.17) is 10.6 Å². The lowest BCUT2D eigenvalue weighted by Crippen LogP contribution is -2.42. The van der Waals surface area contributed by atoms with Crippen LogP contribution in [0, 0.1) is 17.0 Å². The standard InChI is InChI=1S/C12H17N3O4/c1-3-4-10(12(16)14-13)19-11-7-9(15(17)18)6-5-8(11)2/h5-7,10H,3-4,13H2,1-2H3,(H,14,16). The van der Waals surface area contributed by atoms with Gasteiger partial charge in [-0.15, -0.1) is 0 Å². The molecule has 1 aromatic rings. The molecule has 0 aromatic heterocycles. The number of ether oxygens (including phenoxy) is 1. The maximum absolute atomic E-state index is 11.5. The van der Waals surface area contributed by atoms with Crippen LogP contribution >= 0.6 is 0 Å². The van der Waals surface area contributed by atoms with Crippen LogP contribution in [0.5, 0.6) is 5.75 Å². The number of hydrazine groups is 1. The molecular formula is C12H17N3O4. The minimum absolute atomic E-state index is 0.0796. The van der Waals surface area contributed by atoms with Gasteiger partial charge in [-0.25, -0.2) is 5.84 Å². The Morgan fingerprint density at radius 2 is 2.26 bits per heavy atom. The largest absolute Gasteiger partial charge is 0.480 e. The second-order valence-electron chi connectivity index (χ2n) is 4.11. The Kier molecular flexibility index (Phi) is 5.25. The molecule has 1 unspecified atom stereocenters. The normalized spacial score (nSPS) is 11.7. The number of nitro benzene ring substituents is 1. The fourth-order valence-corrected chi connectivity index (χ4v) is 1.58. The van der Waals surface area contributed by atoms with E-state index in [9.17, 15) is 14.9 Å². The lowest BCUT2D eigenvalue weighted by Gasteiger charge is -2.18. The van der Waals surface area contributed by atoms with Crippen LogP contribution in [-0.4, -0.2) is 16.9 Å². The van der Waals surface area contributed by atoms with Crippen molar-refractivity contribution >= 4 is 11.6 Å². The van der Waals surface area contributed by atoms with E-state index in [2.05, 4.69) is 0 Å². The molecule has 104 valence electrons. The van der Waals surface area contributed by atoms with E-state index in [1.54, 1.807) is 13.0 Å². The fourth-order valence-electron chi connectivity index (χ4n) is 1.58. The highest BCUT2D eigenvalue weighted by Crippen LogP contribution is 2.25. The van der Waals surface area contributed by atoms with Gasteiger partial charge < -0.3 is 4.74 Å². The van der Waals surface area contributed by atoms with Crippen LogP contribution in [0.15, 0.2) is 18.2 Å². The first-order valence-electron chi connectivity index (χ1n) is 5.91. The maximum Gasteiger partial charge on any atom is 0.274 e. The smallest absolute Gasteiger partial charge is 0.274 e. The summed E-state index contributed by atoms with van der Waals surface area (Å²) in [5.41, 5.74) is 2.67. The van der Waals surface area contributed by atoms with Crippen molar-refractivity contribution in [2.45, 2.75) is 32.8 Å². The number of carbonyl (C=O) groups excluding carboxylic acids is 1. The summed E-state index contributed by atoms with van der Waals surface area (Å²) in [6.45, 7) is 3.66. The van der Waals surface area contributed by atoms with Gasteiger partial charge in [-0.1, -0.05) is 13.3 Å². The van der Waals surface area contributed by atoms with Crippen LogP contribution < -0.4 is 16.0 Å². The van der Waals surface area contributed by atoms with Crippen molar-refractivity contribution in [3.05, 3.63) is 33.9 Å². The first-order valence-corrected chi connectivity index (χ1v) is 5.91. The SMILES string of the molecule is CCCC(Oc1cc([N+](=O)[O-])ccc1C)C(=O)NN. The van der Waals surface area contributed by atoms with Gasteiger partial charge in [0.25, 0.3) is 11.6 Å². The molecule has 0 fully saturated rings. The van der Waals surface area contributed by atoms with E-state index < -0.39 is 16.9 Å². The number of non-ortho nitro benzene ring substituents is 1. The summed E-state index contributed by atoms with van der Waals surface area (Å²) in [6.07, 6.45) is 0.452. The van der Waals surface area contributed by atoms with Gasteiger partial charge >= 0.3 is 0 Å². The molecule has 7 nitrogen and oxygen atoms in total. The molecule has 0 spiro atoms. The number of aryl methyl sites for hydroxylation is 1. The van der Waals surface area contributed by atoms with Gasteiger partial charge in [-0.2, -0.15) is 0 Å². The highest BCUT2D eigenvalue weighted by atomic mass is 16.6. The lowest BCUT2D eigenvalue weighted by molar-refractivity contribution is -0.385. The zero-order chi connectivity index (χ0) is 14.4. The van der Waals surface area contributed by atoms with E-state index in [0.29, 0.717) is 12.2 Å². The summed E-state index contributed by atoms with van der Waals surface area (Å²) >= 11 is 0. The number of hydrogen-bond donors (Lipinski definition) is 2. The Labute approximate surface area is 110 Å². The summed E-state index contributed by atoms with van der Waals surface area (Å²) in [7, 11) is 0. The average Bonchev–Trinajstić information content (AvgIpc) is 2.39. The van der Waals surface area contributed by atoms with Crippen LogP contribution in [-0.2, 0) is 4.79 Å². The number of benzene rings is 1. The molecule has 0 heterocycles. The van der Waals surface area contributed by atoms with Crippen molar-refractivity contribution in [3.8, 4) is 5.75 Å². The van der Waals surface area contributed by atoms with E-state index in [0.717, 1.165) is 12.0 Å². The minimum atomic E-state index is -0.754. The summed E-state index contributed by atoms with van der Waals surface area (Å²) in [6, 6.07) is 4.28. The molecule has 0 radical (unpaired) electrons. The molecule has 7 heteroatoms. The van der Waals surface area contributed by atoms with Crippen LogP contribution in [0.25, 0.3) is 0 Å². The Morgan fingerprint density at radius 1 is 1.58 bits per heavy atom. The Hall–Kier alpha value is -2.15. The quantitative estimate of drug-likeness (QED) is 0.351. The number of nitro groups is 1. The van der Waals surface area contributed by atoms with E-state index >= 15 is 0 Å². The van der Waals surface area contributed by atoms with E-state index in [1.807, 2.05) is 12.3 Å². The van der Waals surface area contributed by atoms with Gasteiger partial charge in [0.15, 0.2) is 6.10 Å². The molecule has 0 aliphatic carbocycles. The Bertz CT molecular complexity index is 476. The van der Waals surface area contributed by atoms with Gasteiger partial charge in [0, 0.05) is 6.07 Å². The highest BCUT2D eigenvalue weighted by molar-refractivity contribution is 5.80. The number of amides is 1. The molecular weight excluding hydrogens is 250 g/mol. The Morgan fingerprint density at radius 3 is 2.79 bits per heavy atom. The van der Waals surface area contributed by atoms with E-state index in [1.165, 1.54) is 12.1 Å². The van der Waals surface area contributed by atoms with Crippen molar-refractivity contribution in [1.29, 1.82) is 0 Å². The number of carbonyl (C=O) groups is 1. The third-order valence-electron chi connectivity index (χ3n) is 2.64. The number of rotatable bonds is 6. The third-order valence-corrected chi connectivity index (χ3v) is 2.64. The molecule has 0 aliphatic heterocycles. The van der Waals surface area contributed by atoms with Crippen molar-refractivity contribution in [3.63, 3.8) is 0 Å². The van der Waals surface area contributed by atoms with Gasteiger partial charge in [0.1, 0.15) is 5.75 Å². The monoisotopic (exact) mass is 267 g/mol. The van der Waals surface area contributed by atoms with Crippen molar-refractivity contribution in [2.75, 3.05) is 0 Å². The first-order chi connectivity index (χ1) is 8.99. The van der Waals surface area contributed by atoms with Crippen LogP contribution in [0.2, 0.25) is 0 Å². The molecule has 0 aliphatic rings. The molecule has 1 rings (SSSR count). The van der Waals surface area contributed by atoms with Crippen LogP contribution in [0.1, 0.15) is 25.3 Å².